The van der Waals surface area contributed by atoms with E-state index in [1.165, 1.54) is 45.3 Å². The van der Waals surface area contributed by atoms with Crippen LogP contribution in [0.1, 0.15) is 25.7 Å². The van der Waals surface area contributed by atoms with E-state index >= 15 is 0 Å². The van der Waals surface area contributed by atoms with E-state index in [1.807, 2.05) is 0 Å². The molecule has 0 aromatic carbocycles. The van der Waals surface area contributed by atoms with Gasteiger partial charge >= 0.3 is 0 Å². The largest absolute Gasteiger partial charge is 0.302 e. The first-order chi connectivity index (χ1) is 4.97. The molecule has 1 atom stereocenters. The summed E-state index contributed by atoms with van der Waals surface area (Å²) in [7, 11) is 0. The first-order valence-electron chi connectivity index (χ1n) is 4.44. The van der Waals surface area contributed by atoms with Gasteiger partial charge in [-0.2, -0.15) is 0 Å². The second-order valence-electron chi connectivity index (χ2n) is 3.36. The summed E-state index contributed by atoms with van der Waals surface area (Å²) in [6.45, 7) is 3.90. The van der Waals surface area contributed by atoms with Gasteiger partial charge in [0, 0.05) is 0 Å². The van der Waals surface area contributed by atoms with Crippen LogP contribution >= 0.6 is 0 Å². The molecule has 58 valence electrons. The van der Waals surface area contributed by atoms with Crippen molar-refractivity contribution in [1.82, 2.24) is 10.2 Å². The first-order valence-corrected chi connectivity index (χ1v) is 4.44. The lowest BCUT2D eigenvalue weighted by atomic mass is 10.3. The van der Waals surface area contributed by atoms with Crippen molar-refractivity contribution in [3.05, 3.63) is 0 Å². The van der Waals surface area contributed by atoms with Crippen molar-refractivity contribution in [2.24, 2.45) is 0 Å². The molecule has 0 saturated carbocycles. The Hall–Kier alpha value is -0.0800. The van der Waals surface area contributed by atoms with Gasteiger partial charge in [-0.3, -0.25) is 4.90 Å². The summed E-state index contributed by atoms with van der Waals surface area (Å²) in [5.74, 6) is 0. The molecule has 0 aliphatic carbocycles. The monoisotopic (exact) mass is 140 g/mol. The van der Waals surface area contributed by atoms with Crippen molar-refractivity contribution >= 4 is 0 Å². The zero-order valence-corrected chi connectivity index (χ0v) is 6.47. The minimum atomic E-state index is 0.738. The van der Waals surface area contributed by atoms with Crippen LogP contribution in [0, 0.1) is 0 Å². The molecule has 0 spiro atoms. The van der Waals surface area contributed by atoms with E-state index in [9.17, 15) is 0 Å². The lowest BCUT2D eigenvalue weighted by Crippen LogP contribution is -2.39. The summed E-state index contributed by atoms with van der Waals surface area (Å²) in [5, 5.41) is 3.52. The quantitative estimate of drug-likeness (QED) is 0.579. The number of nitrogens with one attached hydrogen (secondary N) is 1. The summed E-state index contributed by atoms with van der Waals surface area (Å²) >= 11 is 0. The normalized spacial score (nSPS) is 35.4. The molecule has 2 saturated heterocycles. The van der Waals surface area contributed by atoms with E-state index in [0.29, 0.717) is 0 Å². The van der Waals surface area contributed by atoms with Crippen molar-refractivity contribution in [3.63, 3.8) is 0 Å². The second kappa shape index (κ2) is 2.89. The van der Waals surface area contributed by atoms with Crippen molar-refractivity contribution in [1.29, 1.82) is 0 Å². The second-order valence-corrected chi connectivity index (χ2v) is 3.36. The van der Waals surface area contributed by atoms with Crippen molar-refractivity contribution in [3.8, 4) is 0 Å². The highest BCUT2D eigenvalue weighted by Crippen LogP contribution is 2.16. The van der Waals surface area contributed by atoms with Crippen LogP contribution in [0.2, 0.25) is 0 Å². The van der Waals surface area contributed by atoms with E-state index in [4.69, 9.17) is 0 Å². The Morgan fingerprint density at radius 3 is 2.50 bits per heavy atom. The molecule has 2 heteroatoms. The highest BCUT2D eigenvalue weighted by Gasteiger charge is 2.23. The zero-order chi connectivity index (χ0) is 6.81. The van der Waals surface area contributed by atoms with Gasteiger partial charge in [-0.25, -0.2) is 0 Å². The summed E-state index contributed by atoms with van der Waals surface area (Å²) < 4.78 is 0. The molecule has 2 fully saturated rings. The molecule has 0 unspecified atom stereocenters. The van der Waals surface area contributed by atoms with Crippen LogP contribution in [-0.4, -0.2) is 30.7 Å². The highest BCUT2D eigenvalue weighted by atomic mass is 15.3. The Morgan fingerprint density at radius 1 is 1.10 bits per heavy atom. The smallest absolute Gasteiger partial charge is 0.0597 e. The van der Waals surface area contributed by atoms with Gasteiger partial charge in [0.2, 0.25) is 0 Å². The van der Waals surface area contributed by atoms with Crippen LogP contribution in [0.15, 0.2) is 0 Å². The fraction of sp³-hybridized carbons (Fsp3) is 1.00. The lowest BCUT2D eigenvalue weighted by Gasteiger charge is -2.22. The lowest BCUT2D eigenvalue weighted by molar-refractivity contribution is 0.226. The zero-order valence-electron chi connectivity index (χ0n) is 6.47. The summed E-state index contributed by atoms with van der Waals surface area (Å²) in [4.78, 5) is 2.59. The minimum absolute atomic E-state index is 0.738. The van der Waals surface area contributed by atoms with Gasteiger partial charge in [0.15, 0.2) is 0 Å². The maximum Gasteiger partial charge on any atom is 0.0597 e. The number of rotatable bonds is 1. The third-order valence-electron chi connectivity index (χ3n) is 2.62. The topological polar surface area (TPSA) is 15.3 Å². The molecular formula is C8H16N2. The minimum Gasteiger partial charge on any atom is -0.302 e. The number of nitrogens with zero attached hydrogens (tertiary/aromatic N) is 1. The van der Waals surface area contributed by atoms with Crippen LogP contribution in [0.3, 0.4) is 0 Å². The Balaban J connectivity index is 1.85. The van der Waals surface area contributed by atoms with Gasteiger partial charge in [-0.1, -0.05) is 0 Å². The van der Waals surface area contributed by atoms with Gasteiger partial charge in [0.05, 0.1) is 6.17 Å². The van der Waals surface area contributed by atoms with Gasteiger partial charge in [0.25, 0.3) is 0 Å². The summed E-state index contributed by atoms with van der Waals surface area (Å²) in [6.07, 6.45) is 6.32. The fourth-order valence-corrected chi connectivity index (χ4v) is 2.03. The van der Waals surface area contributed by atoms with E-state index in [-0.39, 0.29) is 0 Å². The molecular weight excluding hydrogens is 124 g/mol. The van der Waals surface area contributed by atoms with Gasteiger partial charge in [-0.05, 0) is 45.3 Å². The third-order valence-corrected chi connectivity index (χ3v) is 2.62. The Morgan fingerprint density at radius 2 is 1.90 bits per heavy atom. The van der Waals surface area contributed by atoms with Crippen molar-refractivity contribution < 1.29 is 0 Å². The predicted molar refractivity (Wildman–Crippen MR) is 41.8 cm³/mol. The molecule has 0 aromatic rings. The molecule has 2 heterocycles. The van der Waals surface area contributed by atoms with E-state index < -0.39 is 0 Å². The van der Waals surface area contributed by atoms with E-state index in [0.717, 1.165) is 6.17 Å². The molecule has 0 aromatic heterocycles. The Labute approximate surface area is 62.6 Å². The average molecular weight is 140 g/mol. The van der Waals surface area contributed by atoms with Crippen LogP contribution in [0.25, 0.3) is 0 Å². The predicted octanol–water partition coefficient (Wildman–Crippen LogP) is 0.792. The first kappa shape index (κ1) is 6.62. The molecule has 2 aliphatic rings. The molecule has 2 rings (SSSR count). The maximum atomic E-state index is 3.52. The number of hydrogen-bond acceptors (Lipinski definition) is 2. The molecule has 0 radical (unpaired) electrons. The van der Waals surface area contributed by atoms with Gasteiger partial charge in [-0.15, -0.1) is 0 Å². The highest BCUT2D eigenvalue weighted by molar-refractivity contribution is 4.78. The van der Waals surface area contributed by atoms with E-state index in [2.05, 4.69) is 10.2 Å². The number of hydrogen-bond donors (Lipinski definition) is 1. The molecule has 0 bridgehead atoms. The fourth-order valence-electron chi connectivity index (χ4n) is 2.03. The SMILES string of the molecule is C1CN[C@H](N2CCCC2)C1. The summed E-state index contributed by atoms with van der Waals surface area (Å²) in [5.41, 5.74) is 0. The Kier molecular flexibility index (Phi) is 1.91. The average Bonchev–Trinajstić information content (AvgIpc) is 2.59. The van der Waals surface area contributed by atoms with Gasteiger partial charge in [0.1, 0.15) is 0 Å². The molecule has 2 aliphatic heterocycles. The van der Waals surface area contributed by atoms with E-state index in [1.54, 1.807) is 0 Å². The van der Waals surface area contributed by atoms with Crippen LogP contribution in [-0.2, 0) is 0 Å². The molecule has 0 amide bonds. The third kappa shape index (κ3) is 1.18. The van der Waals surface area contributed by atoms with Crippen LogP contribution < -0.4 is 5.32 Å². The number of likely N-dealkylation sites (tertiary alicyclic amines) is 1. The molecule has 2 nitrogen and oxygen atoms in total. The molecule has 1 N–H and O–H groups in total. The van der Waals surface area contributed by atoms with Gasteiger partial charge < -0.3 is 5.32 Å². The Bertz CT molecular complexity index is 87.8. The van der Waals surface area contributed by atoms with Crippen LogP contribution in [0.4, 0.5) is 0 Å². The van der Waals surface area contributed by atoms with Crippen molar-refractivity contribution in [2.45, 2.75) is 31.8 Å². The van der Waals surface area contributed by atoms with Crippen molar-refractivity contribution in [2.75, 3.05) is 19.6 Å². The summed E-state index contributed by atoms with van der Waals surface area (Å²) in [6, 6.07) is 0. The standard InChI is InChI=1S/C8H16N2/c1-2-7-10(6-1)8-4-3-5-9-8/h8-9H,1-7H2/t8-/m1/s1. The maximum absolute atomic E-state index is 3.52. The molecule has 10 heavy (non-hydrogen) atoms. The van der Waals surface area contributed by atoms with Crippen LogP contribution in [0.5, 0.6) is 0 Å².